The molecule has 166 valence electrons. The maximum absolute atomic E-state index is 11.6. The van der Waals surface area contributed by atoms with Crippen LogP contribution in [0.5, 0.6) is 0 Å². The fourth-order valence-corrected chi connectivity index (χ4v) is 3.81. The van der Waals surface area contributed by atoms with E-state index in [4.69, 9.17) is 27.9 Å². The molecule has 0 saturated carbocycles. The van der Waals surface area contributed by atoms with Crippen molar-refractivity contribution >= 4 is 51.0 Å². The lowest BCUT2D eigenvalue weighted by Crippen LogP contribution is -2.16. The Morgan fingerprint density at radius 3 is 1.91 bits per heavy atom. The number of ether oxygens (including phenoxy) is 1. The van der Waals surface area contributed by atoms with Gasteiger partial charge in [0.1, 0.15) is 0 Å². The Labute approximate surface area is 197 Å². The molecular weight excluding hydrogens is 447 g/mol. The van der Waals surface area contributed by atoms with Gasteiger partial charge in [0.05, 0.1) is 39.4 Å². The second-order valence-corrected chi connectivity index (χ2v) is 9.00. The molecule has 0 aliphatic rings. The number of pyridine rings is 2. The van der Waals surface area contributed by atoms with Crippen LogP contribution in [0.3, 0.4) is 0 Å². The normalized spacial score (nSPS) is 11.2. The fourth-order valence-electron chi connectivity index (χ4n) is 3.48. The summed E-state index contributed by atoms with van der Waals surface area (Å²) in [5.41, 5.74) is 3.88. The van der Waals surface area contributed by atoms with Gasteiger partial charge in [0.15, 0.2) is 0 Å². The highest BCUT2D eigenvalue weighted by molar-refractivity contribution is 6.31. The number of fused-ring (bicyclic) bond motifs is 2. The summed E-state index contributed by atoms with van der Waals surface area (Å²) < 4.78 is 4.72. The van der Waals surface area contributed by atoms with E-state index in [1.54, 1.807) is 32.2 Å². The first-order chi connectivity index (χ1) is 15.0. The van der Waals surface area contributed by atoms with Gasteiger partial charge in [0.25, 0.3) is 0 Å². The zero-order valence-corrected chi connectivity index (χ0v) is 20.0. The SMILES string of the molecule is COC(=O)c1cc(C)cc2cc(Cl)cnc12.Cc1cc(C(C)(C)O)c2ncc(Cl)cc2c1. The van der Waals surface area contributed by atoms with Gasteiger partial charge in [-0.25, -0.2) is 4.79 Å². The van der Waals surface area contributed by atoms with E-state index in [2.05, 4.69) is 9.97 Å². The van der Waals surface area contributed by atoms with E-state index in [0.29, 0.717) is 21.1 Å². The van der Waals surface area contributed by atoms with Crippen LogP contribution < -0.4 is 0 Å². The lowest BCUT2D eigenvalue weighted by molar-refractivity contribution is 0.0602. The molecule has 0 amide bonds. The number of halogens is 2. The highest BCUT2D eigenvalue weighted by atomic mass is 35.5. The zero-order valence-electron chi connectivity index (χ0n) is 18.5. The van der Waals surface area contributed by atoms with Crippen LogP contribution in [0.4, 0.5) is 0 Å². The Bertz CT molecular complexity index is 1300. The van der Waals surface area contributed by atoms with E-state index >= 15 is 0 Å². The van der Waals surface area contributed by atoms with Gasteiger partial charge in [-0.3, -0.25) is 9.97 Å². The maximum Gasteiger partial charge on any atom is 0.340 e. The van der Waals surface area contributed by atoms with Crippen molar-refractivity contribution in [3.63, 3.8) is 0 Å². The molecule has 0 unspecified atom stereocenters. The molecule has 2 heterocycles. The summed E-state index contributed by atoms with van der Waals surface area (Å²) in [6.45, 7) is 7.43. The lowest BCUT2D eigenvalue weighted by atomic mass is 9.93. The van der Waals surface area contributed by atoms with Crippen LogP contribution in [-0.2, 0) is 10.3 Å². The summed E-state index contributed by atoms with van der Waals surface area (Å²) in [5, 5.41) is 13.1. The molecule has 0 saturated heterocycles. The van der Waals surface area contributed by atoms with Gasteiger partial charge in [-0.2, -0.15) is 0 Å². The van der Waals surface area contributed by atoms with Gasteiger partial charge in [-0.1, -0.05) is 29.3 Å². The number of rotatable bonds is 2. The van der Waals surface area contributed by atoms with Crippen molar-refractivity contribution in [1.29, 1.82) is 0 Å². The third kappa shape index (κ3) is 5.36. The minimum Gasteiger partial charge on any atom is -0.465 e. The largest absolute Gasteiger partial charge is 0.465 e. The van der Waals surface area contributed by atoms with E-state index in [9.17, 15) is 9.90 Å². The molecule has 0 radical (unpaired) electrons. The summed E-state index contributed by atoms with van der Waals surface area (Å²) in [5.74, 6) is -0.386. The monoisotopic (exact) mass is 470 g/mol. The Morgan fingerprint density at radius 1 is 0.875 bits per heavy atom. The average molecular weight is 471 g/mol. The first-order valence-corrected chi connectivity index (χ1v) is 10.7. The van der Waals surface area contributed by atoms with Crippen molar-refractivity contribution in [1.82, 2.24) is 9.97 Å². The van der Waals surface area contributed by atoms with Crippen molar-refractivity contribution in [2.45, 2.75) is 33.3 Å². The van der Waals surface area contributed by atoms with Crippen molar-refractivity contribution in [2.75, 3.05) is 7.11 Å². The zero-order chi connectivity index (χ0) is 23.6. The minimum absolute atomic E-state index is 0.386. The summed E-state index contributed by atoms with van der Waals surface area (Å²) >= 11 is 11.8. The van der Waals surface area contributed by atoms with Gasteiger partial charge in [-0.05, 0) is 69.2 Å². The van der Waals surface area contributed by atoms with Crippen molar-refractivity contribution < 1.29 is 14.6 Å². The number of hydrogen-bond acceptors (Lipinski definition) is 5. The highest BCUT2D eigenvalue weighted by Crippen LogP contribution is 2.29. The first kappa shape index (κ1) is 23.9. The van der Waals surface area contributed by atoms with Gasteiger partial charge in [0.2, 0.25) is 0 Å². The quantitative estimate of drug-likeness (QED) is 0.342. The van der Waals surface area contributed by atoms with Crippen LogP contribution in [-0.4, -0.2) is 28.2 Å². The molecule has 0 spiro atoms. The Morgan fingerprint density at radius 2 is 1.38 bits per heavy atom. The van der Waals surface area contributed by atoms with Crippen LogP contribution in [0.2, 0.25) is 10.0 Å². The molecule has 1 N–H and O–H groups in total. The molecule has 0 atom stereocenters. The van der Waals surface area contributed by atoms with E-state index in [-0.39, 0.29) is 5.97 Å². The Kier molecular flexibility index (Phi) is 7.03. The number of aliphatic hydroxyl groups is 1. The molecule has 7 heteroatoms. The predicted molar refractivity (Wildman–Crippen MR) is 130 cm³/mol. The Balaban J connectivity index is 0.000000181. The summed E-state index contributed by atoms with van der Waals surface area (Å²) in [7, 11) is 1.35. The topological polar surface area (TPSA) is 72.3 Å². The fraction of sp³-hybridized carbons (Fsp3) is 0.240. The maximum atomic E-state index is 11.6. The van der Waals surface area contributed by atoms with Crippen LogP contribution in [0.25, 0.3) is 21.8 Å². The number of hydrogen-bond donors (Lipinski definition) is 1. The number of benzene rings is 2. The van der Waals surface area contributed by atoms with Gasteiger partial charge >= 0.3 is 5.97 Å². The Hall–Kier alpha value is -2.73. The van der Waals surface area contributed by atoms with Gasteiger partial charge in [-0.15, -0.1) is 0 Å². The molecule has 5 nitrogen and oxygen atoms in total. The number of aryl methyl sites for hydroxylation is 2. The van der Waals surface area contributed by atoms with E-state index < -0.39 is 5.60 Å². The summed E-state index contributed by atoms with van der Waals surface area (Å²) in [6, 6.07) is 11.3. The molecule has 4 aromatic rings. The molecule has 0 aliphatic heterocycles. The number of methoxy groups -OCH3 is 1. The number of carbonyl (C=O) groups is 1. The van der Waals surface area contributed by atoms with Gasteiger partial charge < -0.3 is 9.84 Å². The predicted octanol–water partition coefficient (Wildman–Crippen LogP) is 6.41. The molecular formula is C25H24Cl2N2O3. The molecule has 32 heavy (non-hydrogen) atoms. The third-order valence-corrected chi connectivity index (χ3v) is 5.27. The lowest BCUT2D eigenvalue weighted by Gasteiger charge is -2.20. The number of aromatic nitrogens is 2. The van der Waals surface area contributed by atoms with Crippen molar-refractivity contribution in [3.05, 3.63) is 81.1 Å². The molecule has 0 bridgehead atoms. The van der Waals surface area contributed by atoms with Crippen LogP contribution in [0, 0.1) is 13.8 Å². The minimum atomic E-state index is -0.898. The highest BCUT2D eigenvalue weighted by Gasteiger charge is 2.20. The second-order valence-electron chi connectivity index (χ2n) is 8.13. The van der Waals surface area contributed by atoms with E-state index in [1.165, 1.54) is 13.3 Å². The molecule has 0 fully saturated rings. The van der Waals surface area contributed by atoms with Crippen molar-refractivity contribution in [3.8, 4) is 0 Å². The molecule has 4 rings (SSSR count). The average Bonchev–Trinajstić information content (AvgIpc) is 2.71. The molecule has 0 aliphatic carbocycles. The number of carbonyl (C=O) groups excluding carboxylic acids is 1. The molecule has 2 aromatic heterocycles. The number of esters is 1. The van der Waals surface area contributed by atoms with Crippen LogP contribution >= 0.6 is 23.2 Å². The third-order valence-electron chi connectivity index (χ3n) is 4.85. The van der Waals surface area contributed by atoms with Gasteiger partial charge in [0, 0.05) is 28.7 Å². The van der Waals surface area contributed by atoms with Crippen LogP contribution in [0.1, 0.15) is 40.9 Å². The second kappa shape index (κ2) is 9.41. The first-order valence-electron chi connectivity index (χ1n) is 9.92. The number of nitrogens with zero attached hydrogens (tertiary/aromatic N) is 2. The molecule has 2 aromatic carbocycles. The standard InChI is InChI=1S/C13H14ClNO.C12H10ClNO2/c1-8-4-9-6-10(14)7-15-12(9)11(5-8)13(2,3)16;1-7-3-8-5-9(13)6-14-11(8)10(4-7)12(15)16-2/h4-7,16H,1-3H3;3-6H,1-2H3. The van der Waals surface area contributed by atoms with E-state index in [1.807, 2.05) is 38.1 Å². The summed E-state index contributed by atoms with van der Waals surface area (Å²) in [4.78, 5) is 20.0. The smallest absolute Gasteiger partial charge is 0.340 e. The summed E-state index contributed by atoms with van der Waals surface area (Å²) in [6.07, 6.45) is 3.13. The van der Waals surface area contributed by atoms with Crippen molar-refractivity contribution in [2.24, 2.45) is 0 Å². The van der Waals surface area contributed by atoms with Crippen LogP contribution in [0.15, 0.2) is 48.8 Å². The van der Waals surface area contributed by atoms with E-state index in [0.717, 1.165) is 33.0 Å².